The quantitative estimate of drug-likeness (QED) is 0.519. The number of Topliss-reactive ketones (excluding diaryl/α,β-unsaturated/α-hetero) is 1. The van der Waals surface area contributed by atoms with Crippen molar-refractivity contribution in [2.45, 2.75) is 12.1 Å². The van der Waals surface area contributed by atoms with Gasteiger partial charge in [-0.3, -0.25) is 4.79 Å². The van der Waals surface area contributed by atoms with Crippen molar-refractivity contribution in [1.29, 1.82) is 0 Å². The summed E-state index contributed by atoms with van der Waals surface area (Å²) >= 11 is 1.58. The van der Waals surface area contributed by atoms with Gasteiger partial charge in [0.15, 0.2) is 6.04 Å². The lowest BCUT2D eigenvalue weighted by Gasteiger charge is -1.85. The van der Waals surface area contributed by atoms with Gasteiger partial charge in [-0.25, -0.2) is 0 Å². The first kappa shape index (κ1) is 5.04. The van der Waals surface area contributed by atoms with Crippen molar-refractivity contribution in [2.24, 2.45) is 0 Å². The van der Waals surface area contributed by atoms with Gasteiger partial charge in [0.2, 0.25) is 11.8 Å². The minimum absolute atomic E-state index is 0.280. The summed E-state index contributed by atoms with van der Waals surface area (Å²) in [5.41, 5.74) is 1.28. The van der Waals surface area contributed by atoms with Crippen molar-refractivity contribution in [3.05, 3.63) is 21.9 Å². The fourth-order valence-electron chi connectivity index (χ4n) is 1.64. The highest BCUT2D eigenvalue weighted by Crippen LogP contribution is 2.37. The largest absolute Gasteiger partial charge is 0.320 e. The molecule has 1 aromatic rings. The molecule has 2 N–H and O–H groups in total. The predicted molar refractivity (Wildman–Crippen MR) is 37.1 cm³/mol. The molecule has 50 valence electrons. The van der Waals surface area contributed by atoms with E-state index in [-0.39, 0.29) is 6.04 Å². The van der Waals surface area contributed by atoms with Crippen LogP contribution in [0.1, 0.15) is 21.3 Å². The molecule has 0 amide bonds. The van der Waals surface area contributed by atoms with Crippen LogP contribution in [0.2, 0.25) is 0 Å². The number of hydrogen-bond donors (Lipinski definition) is 1. The van der Waals surface area contributed by atoms with Gasteiger partial charge in [-0.05, 0) is 11.4 Å². The molecule has 3 rings (SSSR count). The normalized spacial score (nSPS) is 33.8. The zero-order valence-corrected chi connectivity index (χ0v) is 6.02. The lowest BCUT2D eigenvalue weighted by Crippen LogP contribution is -2.63. The highest BCUT2D eigenvalue weighted by atomic mass is 32.1. The van der Waals surface area contributed by atoms with E-state index < -0.39 is 0 Å². The molecule has 2 atom stereocenters. The van der Waals surface area contributed by atoms with Crippen LogP contribution in [0.15, 0.2) is 11.4 Å². The molecule has 0 saturated carbocycles. The Labute approximate surface area is 61.9 Å². The number of quaternary nitrogens is 1. The third kappa shape index (κ3) is 0.393. The molecule has 2 unspecified atom stereocenters. The summed E-state index contributed by atoms with van der Waals surface area (Å²) in [5, 5.41) is 4.13. The lowest BCUT2D eigenvalue weighted by atomic mass is 10.3. The molecule has 0 radical (unpaired) electrons. The average Bonchev–Trinajstić information content (AvgIpc) is 2.48. The molecular weight excluding hydrogens is 146 g/mol. The van der Waals surface area contributed by atoms with Crippen LogP contribution in [-0.4, -0.2) is 11.8 Å². The SMILES string of the molecule is O=C1c2sccc2C2[NH2+]C12. The van der Waals surface area contributed by atoms with Crippen molar-refractivity contribution >= 4 is 17.1 Å². The van der Waals surface area contributed by atoms with Crippen molar-refractivity contribution in [3.8, 4) is 0 Å². The van der Waals surface area contributed by atoms with Gasteiger partial charge in [-0.1, -0.05) is 0 Å². The molecule has 2 heterocycles. The van der Waals surface area contributed by atoms with Crippen molar-refractivity contribution in [3.63, 3.8) is 0 Å². The van der Waals surface area contributed by atoms with E-state index in [1.165, 1.54) is 5.56 Å². The maximum absolute atomic E-state index is 11.3. The van der Waals surface area contributed by atoms with Crippen molar-refractivity contribution in [1.82, 2.24) is 0 Å². The number of carbonyl (C=O) groups excluding carboxylic acids is 1. The summed E-state index contributed by atoms with van der Waals surface area (Å²) < 4.78 is 0. The molecule has 10 heavy (non-hydrogen) atoms. The Morgan fingerprint density at radius 2 is 2.40 bits per heavy atom. The van der Waals surface area contributed by atoms with Gasteiger partial charge >= 0.3 is 0 Å². The number of ketones is 1. The van der Waals surface area contributed by atoms with E-state index in [9.17, 15) is 4.79 Å². The highest BCUT2D eigenvalue weighted by molar-refractivity contribution is 7.12. The average molecular weight is 152 g/mol. The highest BCUT2D eigenvalue weighted by Gasteiger charge is 2.58. The van der Waals surface area contributed by atoms with E-state index in [4.69, 9.17) is 0 Å². The van der Waals surface area contributed by atoms with Crippen molar-refractivity contribution in [2.75, 3.05) is 0 Å². The summed E-state index contributed by atoms with van der Waals surface area (Å²) in [6.07, 6.45) is 0. The smallest absolute Gasteiger partial charge is 0.236 e. The number of nitrogens with two attached hydrogens (primary N) is 1. The molecule has 1 aliphatic carbocycles. The molecule has 0 aromatic carbocycles. The van der Waals surface area contributed by atoms with Crippen LogP contribution < -0.4 is 5.32 Å². The topological polar surface area (TPSA) is 33.7 Å². The minimum Gasteiger partial charge on any atom is -0.320 e. The van der Waals surface area contributed by atoms with Gasteiger partial charge < -0.3 is 5.32 Å². The van der Waals surface area contributed by atoms with Crippen LogP contribution in [0.5, 0.6) is 0 Å². The second kappa shape index (κ2) is 1.33. The van der Waals surface area contributed by atoms with Gasteiger partial charge in [0.05, 0.1) is 4.88 Å². The number of hydrogen-bond acceptors (Lipinski definition) is 2. The van der Waals surface area contributed by atoms with Crippen LogP contribution in [-0.2, 0) is 0 Å². The Bertz CT molecular complexity index is 317. The molecule has 1 aromatic heterocycles. The van der Waals surface area contributed by atoms with Crippen LogP contribution in [0.25, 0.3) is 0 Å². The molecular formula is C7H6NOS+. The third-order valence-corrected chi connectivity index (χ3v) is 3.19. The number of thiophene rings is 1. The van der Waals surface area contributed by atoms with Gasteiger partial charge in [-0.15, -0.1) is 11.3 Å². The fraction of sp³-hybridized carbons (Fsp3) is 0.286. The fourth-order valence-corrected chi connectivity index (χ4v) is 2.58. The van der Waals surface area contributed by atoms with Crippen LogP contribution in [0, 0.1) is 0 Å². The zero-order chi connectivity index (χ0) is 6.72. The molecule has 2 aliphatic rings. The maximum Gasteiger partial charge on any atom is 0.236 e. The summed E-state index contributed by atoms with van der Waals surface area (Å²) in [7, 11) is 0. The maximum atomic E-state index is 11.3. The first-order valence-corrected chi connectivity index (χ1v) is 4.22. The molecule has 1 saturated heterocycles. The van der Waals surface area contributed by atoms with E-state index in [2.05, 4.69) is 11.4 Å². The third-order valence-electron chi connectivity index (χ3n) is 2.24. The minimum atomic E-state index is 0.280. The molecule has 1 fully saturated rings. The van der Waals surface area contributed by atoms with E-state index >= 15 is 0 Å². The summed E-state index contributed by atoms with van der Waals surface area (Å²) in [6, 6.07) is 2.86. The Balaban J connectivity index is 2.32. The second-order valence-corrected chi connectivity index (χ2v) is 3.73. The van der Waals surface area contributed by atoms with Gasteiger partial charge in [0, 0.05) is 5.56 Å². The molecule has 1 aliphatic heterocycles. The Morgan fingerprint density at radius 3 is 3.20 bits per heavy atom. The lowest BCUT2D eigenvalue weighted by molar-refractivity contribution is -0.512. The first-order valence-electron chi connectivity index (χ1n) is 3.34. The van der Waals surface area contributed by atoms with Gasteiger partial charge in [0.25, 0.3) is 0 Å². The number of rotatable bonds is 0. The molecule has 0 bridgehead atoms. The van der Waals surface area contributed by atoms with Crippen LogP contribution in [0.3, 0.4) is 0 Å². The van der Waals surface area contributed by atoms with E-state index in [0.29, 0.717) is 11.8 Å². The number of fused-ring (bicyclic) bond motifs is 3. The Morgan fingerprint density at radius 1 is 1.50 bits per heavy atom. The second-order valence-electron chi connectivity index (χ2n) is 2.81. The summed E-state index contributed by atoms with van der Waals surface area (Å²) in [6.45, 7) is 0. The van der Waals surface area contributed by atoms with Gasteiger partial charge in [-0.2, -0.15) is 0 Å². The Hall–Kier alpha value is -0.670. The van der Waals surface area contributed by atoms with Gasteiger partial charge in [0.1, 0.15) is 0 Å². The predicted octanol–water partition coefficient (Wildman–Crippen LogP) is -0.0689. The zero-order valence-electron chi connectivity index (χ0n) is 5.20. The molecule has 0 spiro atoms. The number of carbonyl (C=O) groups is 1. The first-order chi connectivity index (χ1) is 4.88. The monoisotopic (exact) mass is 152 g/mol. The van der Waals surface area contributed by atoms with E-state index in [0.717, 1.165) is 4.88 Å². The van der Waals surface area contributed by atoms with Crippen LogP contribution in [0.4, 0.5) is 0 Å². The van der Waals surface area contributed by atoms with Crippen molar-refractivity contribution < 1.29 is 10.1 Å². The summed E-state index contributed by atoms with van der Waals surface area (Å²) in [5.74, 6) is 0.356. The van der Waals surface area contributed by atoms with E-state index in [1.807, 2.05) is 5.38 Å². The molecule has 2 nitrogen and oxygen atoms in total. The summed E-state index contributed by atoms with van der Waals surface area (Å²) in [4.78, 5) is 12.3. The Kier molecular flexibility index (Phi) is 0.672. The van der Waals surface area contributed by atoms with Crippen LogP contribution >= 0.6 is 11.3 Å². The van der Waals surface area contributed by atoms with E-state index in [1.54, 1.807) is 11.3 Å². The standard InChI is InChI=1S/C7H5NOS/c9-6-5-4(8-5)3-1-2-10-7(3)6/h1-2,4-5,8H/p+1. The molecule has 3 heteroatoms.